The molecule has 1 aromatic rings. The number of imide groups is 1. The standard InChI is InChI=1S/C19H19N3O7/c1-11(21-17(24)14-4-2-3-5-15(14)18(21)25)19(26)29-10-16(23)20-12-6-8-13(9-7-12)22(27)28/h2-3,6-9,11,14-15H,4-5,10H2,1H3,(H,20,23)/t11-,14+,15+/m0/s1. The van der Waals surface area contributed by atoms with E-state index in [0.717, 1.165) is 4.90 Å². The number of nitrogens with zero attached hydrogens (tertiary/aromatic N) is 2. The number of amides is 3. The Bertz CT molecular complexity index is 868. The van der Waals surface area contributed by atoms with Crippen LogP contribution < -0.4 is 5.32 Å². The first kappa shape index (κ1) is 20.2. The van der Waals surface area contributed by atoms with Crippen LogP contribution in [-0.4, -0.2) is 46.2 Å². The molecule has 2 aliphatic rings. The molecule has 0 unspecified atom stereocenters. The van der Waals surface area contributed by atoms with E-state index in [-0.39, 0.29) is 5.69 Å². The lowest BCUT2D eigenvalue weighted by Crippen LogP contribution is -2.45. The van der Waals surface area contributed by atoms with Gasteiger partial charge >= 0.3 is 5.97 Å². The fraction of sp³-hybridized carbons (Fsp3) is 0.368. The predicted molar refractivity (Wildman–Crippen MR) is 99.4 cm³/mol. The summed E-state index contributed by atoms with van der Waals surface area (Å²) in [5.74, 6) is -3.22. The van der Waals surface area contributed by atoms with Gasteiger partial charge in [-0.15, -0.1) is 0 Å². The van der Waals surface area contributed by atoms with Crippen LogP contribution in [0.25, 0.3) is 0 Å². The molecule has 1 aliphatic carbocycles. The van der Waals surface area contributed by atoms with E-state index in [1.165, 1.54) is 31.2 Å². The van der Waals surface area contributed by atoms with Gasteiger partial charge in [0.1, 0.15) is 6.04 Å². The number of ether oxygens (including phenoxy) is 1. The zero-order valence-electron chi connectivity index (χ0n) is 15.6. The molecule has 1 saturated heterocycles. The molecule has 29 heavy (non-hydrogen) atoms. The summed E-state index contributed by atoms with van der Waals surface area (Å²) in [6.07, 6.45) is 4.62. The molecule has 1 aromatic carbocycles. The average molecular weight is 401 g/mol. The fourth-order valence-corrected chi connectivity index (χ4v) is 3.43. The molecular formula is C19H19N3O7. The van der Waals surface area contributed by atoms with Gasteiger partial charge in [0.05, 0.1) is 16.8 Å². The highest BCUT2D eigenvalue weighted by atomic mass is 16.6. The molecule has 0 spiro atoms. The van der Waals surface area contributed by atoms with Gasteiger partial charge in [0, 0.05) is 17.8 Å². The van der Waals surface area contributed by atoms with Crippen molar-refractivity contribution in [3.8, 4) is 0 Å². The number of likely N-dealkylation sites (tertiary alicyclic amines) is 1. The Kier molecular flexibility index (Phi) is 5.71. The van der Waals surface area contributed by atoms with Gasteiger partial charge in [0.15, 0.2) is 6.61 Å². The number of nitro benzene ring substituents is 1. The molecule has 3 atom stereocenters. The monoisotopic (exact) mass is 401 g/mol. The van der Waals surface area contributed by atoms with E-state index >= 15 is 0 Å². The van der Waals surface area contributed by atoms with Crippen molar-refractivity contribution in [2.24, 2.45) is 11.8 Å². The summed E-state index contributed by atoms with van der Waals surface area (Å²) >= 11 is 0. The Morgan fingerprint density at radius 1 is 1.17 bits per heavy atom. The van der Waals surface area contributed by atoms with Crippen molar-refractivity contribution in [3.05, 3.63) is 46.5 Å². The second kappa shape index (κ2) is 8.21. The van der Waals surface area contributed by atoms with Crippen molar-refractivity contribution in [2.75, 3.05) is 11.9 Å². The summed E-state index contributed by atoms with van der Waals surface area (Å²) in [5.41, 5.74) is 0.171. The SMILES string of the molecule is C[C@@H](C(=O)OCC(=O)Nc1ccc([N+](=O)[O-])cc1)N1C(=O)[C@@H]2CC=CC[C@H]2C1=O. The number of nitro groups is 1. The van der Waals surface area contributed by atoms with Gasteiger partial charge in [-0.3, -0.25) is 29.4 Å². The minimum Gasteiger partial charge on any atom is -0.454 e. The van der Waals surface area contributed by atoms with Crippen LogP contribution in [0.3, 0.4) is 0 Å². The van der Waals surface area contributed by atoms with Gasteiger partial charge in [-0.05, 0) is 31.9 Å². The van der Waals surface area contributed by atoms with E-state index in [1.54, 1.807) is 0 Å². The zero-order chi connectivity index (χ0) is 21.1. The molecule has 0 bridgehead atoms. The number of carbonyl (C=O) groups is 4. The molecule has 3 amide bonds. The minimum absolute atomic E-state index is 0.126. The highest BCUT2D eigenvalue weighted by Gasteiger charge is 2.50. The van der Waals surface area contributed by atoms with Crippen LogP contribution in [0.2, 0.25) is 0 Å². The number of rotatable bonds is 6. The van der Waals surface area contributed by atoms with Crippen molar-refractivity contribution >= 4 is 35.1 Å². The highest BCUT2D eigenvalue weighted by molar-refractivity contribution is 6.08. The molecule has 3 rings (SSSR count). The van der Waals surface area contributed by atoms with Crippen molar-refractivity contribution in [1.82, 2.24) is 4.90 Å². The predicted octanol–water partition coefficient (Wildman–Crippen LogP) is 1.42. The van der Waals surface area contributed by atoms with E-state index < -0.39 is 53.1 Å². The van der Waals surface area contributed by atoms with E-state index in [2.05, 4.69) is 5.32 Å². The summed E-state index contributed by atoms with van der Waals surface area (Å²) in [5, 5.41) is 13.1. The third kappa shape index (κ3) is 4.15. The lowest BCUT2D eigenvalue weighted by Gasteiger charge is -2.21. The Balaban J connectivity index is 1.53. The van der Waals surface area contributed by atoms with E-state index in [0.29, 0.717) is 18.5 Å². The first-order valence-corrected chi connectivity index (χ1v) is 9.02. The Labute approximate surface area is 165 Å². The van der Waals surface area contributed by atoms with E-state index in [4.69, 9.17) is 4.74 Å². The van der Waals surface area contributed by atoms with E-state index in [9.17, 15) is 29.3 Å². The lowest BCUT2D eigenvalue weighted by molar-refractivity contribution is -0.384. The minimum atomic E-state index is -1.13. The van der Waals surface area contributed by atoms with Crippen molar-refractivity contribution in [3.63, 3.8) is 0 Å². The van der Waals surface area contributed by atoms with Gasteiger partial charge in [-0.2, -0.15) is 0 Å². The van der Waals surface area contributed by atoms with Crippen molar-refractivity contribution in [1.29, 1.82) is 0 Å². The number of anilines is 1. The molecule has 1 heterocycles. The summed E-state index contributed by atoms with van der Waals surface area (Å²) in [6, 6.07) is 4.01. The summed E-state index contributed by atoms with van der Waals surface area (Å²) < 4.78 is 4.94. The van der Waals surface area contributed by atoms with Crippen LogP contribution in [0.4, 0.5) is 11.4 Å². The molecule has 0 aromatic heterocycles. The normalized spacial score (nSPS) is 21.5. The number of benzene rings is 1. The average Bonchev–Trinajstić information content (AvgIpc) is 2.96. The first-order chi connectivity index (χ1) is 13.8. The molecule has 10 nitrogen and oxygen atoms in total. The second-order valence-corrected chi connectivity index (χ2v) is 6.84. The zero-order valence-corrected chi connectivity index (χ0v) is 15.6. The number of allylic oxidation sites excluding steroid dienone is 2. The van der Waals surface area contributed by atoms with Gasteiger partial charge in [0.2, 0.25) is 11.8 Å². The summed E-state index contributed by atoms with van der Waals surface area (Å²) in [4.78, 5) is 60.2. The number of hydrogen-bond acceptors (Lipinski definition) is 7. The molecule has 1 aliphatic heterocycles. The van der Waals surface area contributed by atoms with Crippen molar-refractivity contribution in [2.45, 2.75) is 25.8 Å². The third-order valence-electron chi connectivity index (χ3n) is 4.98. The van der Waals surface area contributed by atoms with Crippen molar-refractivity contribution < 1.29 is 28.8 Å². The molecule has 0 saturated carbocycles. The summed E-state index contributed by atoms with van der Waals surface area (Å²) in [7, 11) is 0. The molecular weight excluding hydrogens is 382 g/mol. The number of carbonyl (C=O) groups excluding carboxylic acids is 4. The topological polar surface area (TPSA) is 136 Å². The quantitative estimate of drug-likeness (QED) is 0.250. The fourth-order valence-electron chi connectivity index (χ4n) is 3.43. The Morgan fingerprint density at radius 3 is 2.24 bits per heavy atom. The molecule has 1 N–H and O–H groups in total. The number of esters is 1. The largest absolute Gasteiger partial charge is 0.454 e. The van der Waals surface area contributed by atoms with Gasteiger partial charge in [-0.1, -0.05) is 12.2 Å². The molecule has 10 heteroatoms. The first-order valence-electron chi connectivity index (χ1n) is 9.02. The molecule has 0 radical (unpaired) electrons. The van der Waals surface area contributed by atoms with Gasteiger partial charge < -0.3 is 10.1 Å². The maximum atomic E-state index is 12.5. The van der Waals surface area contributed by atoms with Crippen LogP contribution in [-0.2, 0) is 23.9 Å². The smallest absolute Gasteiger partial charge is 0.329 e. The van der Waals surface area contributed by atoms with Crippen LogP contribution in [0.15, 0.2) is 36.4 Å². The lowest BCUT2D eigenvalue weighted by atomic mass is 9.85. The molecule has 152 valence electrons. The Morgan fingerprint density at radius 2 is 1.72 bits per heavy atom. The second-order valence-electron chi connectivity index (χ2n) is 6.84. The van der Waals surface area contributed by atoms with Crippen LogP contribution >= 0.6 is 0 Å². The highest BCUT2D eigenvalue weighted by Crippen LogP contribution is 2.36. The molecule has 1 fully saturated rings. The summed E-state index contributed by atoms with van der Waals surface area (Å²) in [6.45, 7) is 0.766. The third-order valence-corrected chi connectivity index (χ3v) is 4.98. The van der Waals surface area contributed by atoms with Gasteiger partial charge in [0.25, 0.3) is 11.6 Å². The number of non-ortho nitro benzene ring substituents is 1. The van der Waals surface area contributed by atoms with Crippen LogP contribution in [0, 0.1) is 22.0 Å². The Hall–Kier alpha value is -3.56. The number of hydrogen-bond donors (Lipinski definition) is 1. The maximum Gasteiger partial charge on any atom is 0.329 e. The number of nitrogens with one attached hydrogen (secondary N) is 1. The maximum absolute atomic E-state index is 12.5. The number of fused-ring (bicyclic) bond motifs is 1. The van der Waals surface area contributed by atoms with E-state index in [1.807, 2.05) is 12.2 Å². The van der Waals surface area contributed by atoms with Gasteiger partial charge in [-0.25, -0.2) is 4.79 Å². The van der Waals surface area contributed by atoms with Crippen LogP contribution in [0.1, 0.15) is 19.8 Å². The van der Waals surface area contributed by atoms with Crippen LogP contribution in [0.5, 0.6) is 0 Å².